The molecule has 0 heterocycles. The van der Waals surface area contributed by atoms with E-state index in [4.69, 9.17) is 10.8 Å². The second-order valence-electron chi connectivity index (χ2n) is 3.17. The van der Waals surface area contributed by atoms with Crippen LogP contribution in [-0.4, -0.2) is 5.11 Å². The first kappa shape index (κ1) is 10.1. The lowest BCUT2D eigenvalue weighted by Crippen LogP contribution is -1.96. The normalized spacial score (nSPS) is 12.1. The molecule has 0 aromatic rings. The van der Waals surface area contributed by atoms with Crippen molar-refractivity contribution >= 4 is 0 Å². The van der Waals surface area contributed by atoms with Crippen molar-refractivity contribution in [3.05, 3.63) is 24.1 Å². The van der Waals surface area contributed by atoms with Crippen molar-refractivity contribution in [2.75, 3.05) is 0 Å². The number of nitrogens with two attached hydrogens (primary N) is 1. The van der Waals surface area contributed by atoms with Gasteiger partial charge in [-0.1, -0.05) is 20.4 Å². The molecule has 11 heavy (non-hydrogen) atoms. The minimum absolute atomic E-state index is 0.183. The summed E-state index contributed by atoms with van der Waals surface area (Å²) in [4.78, 5) is 0. The molecule has 0 radical (unpaired) electrons. The van der Waals surface area contributed by atoms with Crippen LogP contribution < -0.4 is 5.73 Å². The van der Waals surface area contributed by atoms with Gasteiger partial charge in [0, 0.05) is 6.42 Å². The Morgan fingerprint density at radius 2 is 2.18 bits per heavy atom. The molecule has 0 fully saturated rings. The Labute approximate surface area is 68.4 Å². The second-order valence-corrected chi connectivity index (χ2v) is 3.17. The molecule has 2 heteroatoms. The zero-order chi connectivity index (χ0) is 8.85. The first-order valence-corrected chi connectivity index (χ1v) is 3.82. The molecular weight excluding hydrogens is 138 g/mol. The number of rotatable bonds is 4. The average molecular weight is 155 g/mol. The molecule has 0 saturated heterocycles. The van der Waals surface area contributed by atoms with Crippen LogP contribution in [0.15, 0.2) is 24.1 Å². The third-order valence-electron chi connectivity index (χ3n) is 1.34. The maximum Gasteiger partial charge on any atom is 0.0892 e. The van der Waals surface area contributed by atoms with Gasteiger partial charge in [0.25, 0.3) is 0 Å². The standard InChI is InChI=1S/C9H17NO/c1-7(2)4-9(6-10)5-8(3)11/h6-7,11H,3-5,10H2,1-2H3/b9-6-. The highest BCUT2D eigenvalue weighted by atomic mass is 16.3. The predicted octanol–water partition coefficient (Wildman–Crippen LogP) is 2.34. The molecule has 0 bridgehead atoms. The van der Waals surface area contributed by atoms with E-state index in [1.807, 2.05) is 0 Å². The van der Waals surface area contributed by atoms with Crippen LogP contribution in [0.1, 0.15) is 26.7 Å². The van der Waals surface area contributed by atoms with E-state index in [1.54, 1.807) is 6.20 Å². The van der Waals surface area contributed by atoms with Crippen molar-refractivity contribution in [3.8, 4) is 0 Å². The number of aliphatic hydroxyl groups excluding tert-OH is 1. The van der Waals surface area contributed by atoms with E-state index in [2.05, 4.69) is 20.4 Å². The largest absolute Gasteiger partial charge is 0.513 e. The van der Waals surface area contributed by atoms with E-state index in [9.17, 15) is 0 Å². The summed E-state index contributed by atoms with van der Waals surface area (Å²) in [5.41, 5.74) is 6.40. The van der Waals surface area contributed by atoms with Gasteiger partial charge in [0.15, 0.2) is 0 Å². The van der Waals surface area contributed by atoms with Crippen molar-refractivity contribution in [2.45, 2.75) is 26.7 Å². The molecule has 0 rings (SSSR count). The van der Waals surface area contributed by atoms with E-state index in [0.29, 0.717) is 12.3 Å². The Morgan fingerprint density at radius 3 is 2.45 bits per heavy atom. The topological polar surface area (TPSA) is 46.2 Å². The highest BCUT2D eigenvalue weighted by molar-refractivity contribution is 5.07. The quantitative estimate of drug-likeness (QED) is 0.612. The second kappa shape index (κ2) is 4.83. The van der Waals surface area contributed by atoms with E-state index >= 15 is 0 Å². The molecule has 0 aliphatic rings. The summed E-state index contributed by atoms with van der Waals surface area (Å²) in [6.45, 7) is 7.64. The summed E-state index contributed by atoms with van der Waals surface area (Å²) in [6, 6.07) is 0. The lowest BCUT2D eigenvalue weighted by atomic mass is 10.0. The number of hydrogen-bond acceptors (Lipinski definition) is 2. The third-order valence-corrected chi connectivity index (χ3v) is 1.34. The molecular formula is C9H17NO. The van der Waals surface area contributed by atoms with Crippen molar-refractivity contribution < 1.29 is 5.11 Å². The number of allylic oxidation sites excluding steroid dienone is 1. The van der Waals surface area contributed by atoms with Crippen LogP contribution in [0.25, 0.3) is 0 Å². The van der Waals surface area contributed by atoms with Crippen LogP contribution in [0.4, 0.5) is 0 Å². The Balaban J connectivity index is 3.88. The molecule has 0 aromatic carbocycles. The van der Waals surface area contributed by atoms with Crippen molar-refractivity contribution in [2.24, 2.45) is 11.7 Å². The molecule has 0 aliphatic carbocycles. The Bertz CT molecular complexity index is 159. The average Bonchev–Trinajstić information content (AvgIpc) is 1.84. The van der Waals surface area contributed by atoms with Gasteiger partial charge in [0.1, 0.15) is 0 Å². The molecule has 0 aliphatic heterocycles. The number of hydrogen-bond donors (Lipinski definition) is 2. The van der Waals surface area contributed by atoms with Gasteiger partial charge in [-0.15, -0.1) is 0 Å². The monoisotopic (exact) mass is 155 g/mol. The minimum atomic E-state index is 0.183. The number of aliphatic hydroxyl groups is 1. The first-order chi connectivity index (χ1) is 5.06. The van der Waals surface area contributed by atoms with Gasteiger partial charge in [0.2, 0.25) is 0 Å². The van der Waals surface area contributed by atoms with Crippen molar-refractivity contribution in [1.29, 1.82) is 0 Å². The van der Waals surface area contributed by atoms with Crippen LogP contribution in [-0.2, 0) is 0 Å². The summed E-state index contributed by atoms with van der Waals surface area (Å²) in [5.74, 6) is 0.756. The van der Waals surface area contributed by atoms with E-state index in [0.717, 1.165) is 12.0 Å². The summed E-state index contributed by atoms with van der Waals surface area (Å²) in [7, 11) is 0. The van der Waals surface area contributed by atoms with Gasteiger partial charge in [-0.05, 0) is 24.1 Å². The van der Waals surface area contributed by atoms with Crippen molar-refractivity contribution in [1.82, 2.24) is 0 Å². The SMILES string of the molecule is C=C(O)C/C(=C\N)CC(C)C. The molecule has 0 aromatic heterocycles. The van der Waals surface area contributed by atoms with Crippen molar-refractivity contribution in [3.63, 3.8) is 0 Å². The maximum absolute atomic E-state index is 8.88. The summed E-state index contributed by atoms with van der Waals surface area (Å²) in [6.07, 6.45) is 2.99. The van der Waals surface area contributed by atoms with Gasteiger partial charge in [-0.2, -0.15) is 0 Å². The lowest BCUT2D eigenvalue weighted by Gasteiger charge is -2.07. The van der Waals surface area contributed by atoms with E-state index in [1.165, 1.54) is 0 Å². The molecule has 0 spiro atoms. The summed E-state index contributed by atoms with van der Waals surface area (Å²) < 4.78 is 0. The highest BCUT2D eigenvalue weighted by Crippen LogP contribution is 2.15. The predicted molar refractivity (Wildman–Crippen MR) is 48.1 cm³/mol. The fourth-order valence-electron chi connectivity index (χ4n) is 0.986. The van der Waals surface area contributed by atoms with Crippen LogP contribution in [0.5, 0.6) is 0 Å². The molecule has 64 valence electrons. The maximum atomic E-state index is 8.88. The third kappa shape index (κ3) is 5.52. The van der Waals surface area contributed by atoms with Gasteiger partial charge in [-0.25, -0.2) is 0 Å². The summed E-state index contributed by atoms with van der Waals surface area (Å²) >= 11 is 0. The minimum Gasteiger partial charge on any atom is -0.513 e. The van der Waals surface area contributed by atoms with E-state index < -0.39 is 0 Å². The fourth-order valence-corrected chi connectivity index (χ4v) is 0.986. The Morgan fingerprint density at radius 1 is 1.64 bits per heavy atom. The van der Waals surface area contributed by atoms with E-state index in [-0.39, 0.29) is 5.76 Å². The zero-order valence-corrected chi connectivity index (χ0v) is 7.30. The molecule has 2 nitrogen and oxygen atoms in total. The lowest BCUT2D eigenvalue weighted by molar-refractivity contribution is 0.397. The Hall–Kier alpha value is -0.920. The molecule has 0 atom stereocenters. The molecule has 3 N–H and O–H groups in total. The highest BCUT2D eigenvalue weighted by Gasteiger charge is 2.01. The van der Waals surface area contributed by atoms with Crippen LogP contribution in [0.2, 0.25) is 0 Å². The molecule has 0 saturated carbocycles. The molecule has 0 unspecified atom stereocenters. The van der Waals surface area contributed by atoms with Crippen LogP contribution >= 0.6 is 0 Å². The van der Waals surface area contributed by atoms with Gasteiger partial charge in [0.05, 0.1) is 5.76 Å². The first-order valence-electron chi connectivity index (χ1n) is 3.82. The van der Waals surface area contributed by atoms with Gasteiger partial charge >= 0.3 is 0 Å². The molecule has 0 amide bonds. The van der Waals surface area contributed by atoms with Gasteiger partial charge < -0.3 is 10.8 Å². The van der Waals surface area contributed by atoms with Crippen LogP contribution in [0, 0.1) is 5.92 Å². The van der Waals surface area contributed by atoms with Gasteiger partial charge in [-0.3, -0.25) is 0 Å². The Kier molecular flexibility index (Phi) is 4.42. The smallest absolute Gasteiger partial charge is 0.0892 e. The fraction of sp³-hybridized carbons (Fsp3) is 0.556. The zero-order valence-electron chi connectivity index (χ0n) is 7.30. The van der Waals surface area contributed by atoms with Crippen LogP contribution in [0.3, 0.4) is 0 Å². The summed E-state index contributed by atoms with van der Waals surface area (Å²) in [5, 5.41) is 8.88.